The van der Waals surface area contributed by atoms with Gasteiger partial charge in [-0.15, -0.1) is 0 Å². The monoisotopic (exact) mass is 498 g/mol. The van der Waals surface area contributed by atoms with Gasteiger partial charge in [0.1, 0.15) is 11.4 Å². The van der Waals surface area contributed by atoms with E-state index in [9.17, 15) is 9.59 Å². The maximum atomic E-state index is 15.2. The third kappa shape index (κ3) is 4.40. The second-order valence-electron chi connectivity index (χ2n) is 8.33. The number of carbonyl (C=O) groups is 2. The lowest BCUT2D eigenvalue weighted by atomic mass is 9.85. The number of hydroxylamine groups is 4. The molecule has 0 radical (unpaired) electrons. The van der Waals surface area contributed by atoms with E-state index in [1.807, 2.05) is 0 Å². The highest BCUT2D eigenvalue weighted by Gasteiger charge is 2.58. The van der Waals surface area contributed by atoms with E-state index in [1.54, 1.807) is 26.0 Å². The van der Waals surface area contributed by atoms with Gasteiger partial charge >= 0.3 is 6.16 Å². The normalized spacial score (nSPS) is 22.7. The maximum absolute atomic E-state index is 15.2. The summed E-state index contributed by atoms with van der Waals surface area (Å²) in [6.07, 6.45) is 0.307. The van der Waals surface area contributed by atoms with Crippen LogP contribution in [0.1, 0.15) is 43.7 Å². The van der Waals surface area contributed by atoms with E-state index in [0.717, 1.165) is 6.42 Å². The van der Waals surface area contributed by atoms with Crippen LogP contribution in [-0.2, 0) is 28.7 Å². The minimum Gasteiger partial charge on any atom is -0.434 e. The number of carbonyl (C=O) groups excluding carboxylic acids is 2. The molecule has 1 aromatic carbocycles. The lowest BCUT2D eigenvalue weighted by Gasteiger charge is -2.43. The highest BCUT2D eigenvalue weighted by Crippen LogP contribution is 2.49. The molecule has 1 spiro atoms. The van der Waals surface area contributed by atoms with Crippen LogP contribution in [0, 0.1) is 12.7 Å². The van der Waals surface area contributed by atoms with Crippen molar-refractivity contribution in [3.8, 4) is 0 Å². The molecule has 4 rings (SSSR count). The van der Waals surface area contributed by atoms with Crippen molar-refractivity contribution in [1.82, 2.24) is 10.1 Å². The average molecular weight is 499 g/mol. The van der Waals surface area contributed by atoms with Crippen LogP contribution in [0.5, 0.6) is 0 Å². The zero-order valence-electron chi connectivity index (χ0n) is 19.4. The maximum Gasteiger partial charge on any atom is 0.513 e. The number of rotatable bonds is 6. The molecule has 2 fully saturated rings. The van der Waals surface area contributed by atoms with Crippen molar-refractivity contribution in [3.05, 3.63) is 39.9 Å². The molecule has 1 unspecified atom stereocenters. The van der Waals surface area contributed by atoms with Crippen molar-refractivity contribution < 1.29 is 37.9 Å². The van der Waals surface area contributed by atoms with Crippen molar-refractivity contribution in [2.75, 3.05) is 33.4 Å². The zero-order valence-corrected chi connectivity index (χ0v) is 20.2. The first-order chi connectivity index (χ1) is 16.3. The van der Waals surface area contributed by atoms with Crippen molar-refractivity contribution in [1.29, 1.82) is 0 Å². The first-order valence-electron chi connectivity index (χ1n) is 11.3. The van der Waals surface area contributed by atoms with E-state index in [2.05, 4.69) is 0 Å². The predicted octanol–water partition coefficient (Wildman–Crippen LogP) is 3.98. The third-order valence-electron chi connectivity index (χ3n) is 6.34. The molecule has 0 aliphatic carbocycles. The van der Waals surface area contributed by atoms with Crippen LogP contribution in [0.15, 0.2) is 17.9 Å². The first-order valence-corrected chi connectivity index (χ1v) is 11.7. The Morgan fingerprint density at radius 3 is 2.68 bits per heavy atom. The molecule has 186 valence electrons. The SMILES string of the molecule is CCOC(=O)OC1=C(c2c(F)ccc(C)c2Cl)C(=O)N(OC2CCCO2)C12CCN(OC)CC2. The molecule has 0 N–H and O–H groups in total. The molecule has 3 aliphatic rings. The van der Waals surface area contributed by atoms with Gasteiger partial charge in [0.2, 0.25) is 0 Å². The summed E-state index contributed by atoms with van der Waals surface area (Å²) in [4.78, 5) is 37.7. The molecular weight excluding hydrogens is 471 g/mol. The van der Waals surface area contributed by atoms with Gasteiger partial charge in [-0.1, -0.05) is 17.7 Å². The van der Waals surface area contributed by atoms with E-state index < -0.39 is 29.7 Å². The van der Waals surface area contributed by atoms with Gasteiger partial charge in [-0.25, -0.2) is 19.1 Å². The van der Waals surface area contributed by atoms with E-state index in [0.29, 0.717) is 44.5 Å². The summed E-state index contributed by atoms with van der Waals surface area (Å²) in [7, 11) is 1.55. The van der Waals surface area contributed by atoms with Gasteiger partial charge in [0.05, 0.1) is 30.9 Å². The molecule has 2 saturated heterocycles. The molecule has 1 aromatic rings. The first kappa shape index (κ1) is 24.9. The van der Waals surface area contributed by atoms with Crippen molar-refractivity contribution >= 4 is 29.2 Å². The Hall–Kier alpha value is -2.24. The Morgan fingerprint density at radius 1 is 1.32 bits per heavy atom. The standard InChI is InChI=1S/C23H28ClFN2O7/c1-4-31-22(29)33-20-18(17-15(25)8-7-14(2)19(17)24)21(28)27(34-16-6-5-13-32-16)23(20)9-11-26(30-3)12-10-23/h7-8,16H,4-6,9-13H2,1-3H3. The van der Waals surface area contributed by atoms with Crippen LogP contribution in [0.2, 0.25) is 5.02 Å². The van der Waals surface area contributed by atoms with E-state index in [-0.39, 0.29) is 28.5 Å². The minimum absolute atomic E-state index is 0.0453. The van der Waals surface area contributed by atoms with Crippen molar-refractivity contribution in [3.63, 3.8) is 0 Å². The second kappa shape index (κ2) is 10.2. The minimum atomic E-state index is -1.21. The van der Waals surface area contributed by atoms with E-state index >= 15 is 4.39 Å². The molecular formula is C23H28ClFN2O7. The molecule has 0 aromatic heterocycles. The highest BCUT2D eigenvalue weighted by atomic mass is 35.5. The number of nitrogens with zero attached hydrogens (tertiary/aromatic N) is 2. The topological polar surface area (TPSA) is 86.8 Å². The van der Waals surface area contributed by atoms with Gasteiger partial charge < -0.3 is 19.0 Å². The van der Waals surface area contributed by atoms with Gasteiger partial charge in [0.25, 0.3) is 5.91 Å². The Labute approximate surface area is 202 Å². The Balaban J connectivity index is 1.88. The fraction of sp³-hybridized carbons (Fsp3) is 0.565. The molecule has 1 amide bonds. The largest absolute Gasteiger partial charge is 0.513 e. The van der Waals surface area contributed by atoms with Gasteiger partial charge in [-0.3, -0.25) is 4.79 Å². The summed E-state index contributed by atoms with van der Waals surface area (Å²) in [5, 5.41) is 2.95. The molecule has 11 heteroatoms. The number of piperidine rings is 1. The number of amides is 1. The molecule has 3 heterocycles. The fourth-order valence-electron chi connectivity index (χ4n) is 4.57. The van der Waals surface area contributed by atoms with Crippen molar-refractivity contribution in [2.24, 2.45) is 0 Å². The van der Waals surface area contributed by atoms with E-state index in [4.69, 9.17) is 35.5 Å². The lowest BCUT2D eigenvalue weighted by molar-refractivity contribution is -0.291. The van der Waals surface area contributed by atoms with Crippen LogP contribution in [0.4, 0.5) is 9.18 Å². The molecule has 34 heavy (non-hydrogen) atoms. The van der Waals surface area contributed by atoms with Crippen LogP contribution < -0.4 is 0 Å². The molecule has 1 atom stereocenters. The van der Waals surface area contributed by atoms with Crippen LogP contribution in [0.3, 0.4) is 0 Å². The number of benzene rings is 1. The third-order valence-corrected chi connectivity index (χ3v) is 6.82. The smallest absolute Gasteiger partial charge is 0.434 e. The van der Waals surface area contributed by atoms with Crippen LogP contribution in [-0.4, -0.2) is 67.4 Å². The summed E-state index contributed by atoms with van der Waals surface area (Å²) in [6.45, 7) is 4.71. The summed E-state index contributed by atoms with van der Waals surface area (Å²) in [6, 6.07) is 2.74. The summed E-state index contributed by atoms with van der Waals surface area (Å²) in [5.41, 5.74) is -0.948. The number of hydrogen-bond donors (Lipinski definition) is 0. The zero-order chi connectivity index (χ0) is 24.5. The van der Waals surface area contributed by atoms with Gasteiger partial charge in [-0.2, -0.15) is 5.06 Å². The average Bonchev–Trinajstić information content (AvgIpc) is 3.41. The number of hydrogen-bond acceptors (Lipinski definition) is 8. The van der Waals surface area contributed by atoms with Gasteiger partial charge in [0.15, 0.2) is 12.0 Å². The lowest BCUT2D eigenvalue weighted by Crippen LogP contribution is -2.56. The molecule has 0 bridgehead atoms. The Morgan fingerprint density at radius 2 is 2.06 bits per heavy atom. The molecule has 3 aliphatic heterocycles. The number of ether oxygens (including phenoxy) is 3. The van der Waals surface area contributed by atoms with Gasteiger partial charge in [-0.05, 0) is 44.7 Å². The van der Waals surface area contributed by atoms with Crippen molar-refractivity contribution in [2.45, 2.75) is 51.4 Å². The summed E-state index contributed by atoms with van der Waals surface area (Å²) < 4.78 is 31.4. The predicted molar refractivity (Wildman–Crippen MR) is 119 cm³/mol. The highest BCUT2D eigenvalue weighted by molar-refractivity contribution is 6.36. The number of aryl methyl sites for hydroxylation is 1. The number of halogens is 2. The Kier molecular flexibility index (Phi) is 7.44. The van der Waals surface area contributed by atoms with Crippen LogP contribution in [0.25, 0.3) is 5.57 Å². The summed E-state index contributed by atoms with van der Waals surface area (Å²) in [5.74, 6) is -1.42. The van der Waals surface area contributed by atoms with Gasteiger partial charge in [0, 0.05) is 25.1 Å². The fourth-order valence-corrected chi connectivity index (χ4v) is 4.82. The molecule has 9 nitrogen and oxygen atoms in total. The second-order valence-corrected chi connectivity index (χ2v) is 8.71. The van der Waals surface area contributed by atoms with Crippen LogP contribution >= 0.6 is 11.6 Å². The quantitative estimate of drug-likeness (QED) is 0.544. The molecule has 0 saturated carbocycles. The van der Waals surface area contributed by atoms with E-state index in [1.165, 1.54) is 17.2 Å². The Bertz CT molecular complexity index is 988. The summed E-state index contributed by atoms with van der Waals surface area (Å²) >= 11 is 6.49.